The maximum atomic E-state index is 12.5. The van der Waals surface area contributed by atoms with E-state index in [1.807, 2.05) is 30.3 Å². The minimum atomic E-state index is -0.179. The molecule has 0 unspecified atom stereocenters. The van der Waals surface area contributed by atoms with Crippen LogP contribution in [0.25, 0.3) is 5.70 Å². The molecule has 6 heteroatoms. The Hall–Kier alpha value is -3.41. The van der Waals surface area contributed by atoms with Gasteiger partial charge in [0.1, 0.15) is 0 Å². The Morgan fingerprint density at radius 3 is 2.39 bits per heavy atom. The van der Waals surface area contributed by atoms with E-state index in [0.717, 1.165) is 24.2 Å². The molecular formula is C22H21N3O3. The summed E-state index contributed by atoms with van der Waals surface area (Å²) < 4.78 is 0. The first-order valence-corrected chi connectivity index (χ1v) is 9.35. The molecule has 0 atom stereocenters. The van der Waals surface area contributed by atoms with Crippen LogP contribution in [0.15, 0.2) is 55.1 Å². The van der Waals surface area contributed by atoms with E-state index >= 15 is 0 Å². The summed E-state index contributed by atoms with van der Waals surface area (Å²) in [7, 11) is 0. The van der Waals surface area contributed by atoms with E-state index in [0.29, 0.717) is 23.4 Å². The van der Waals surface area contributed by atoms with E-state index in [1.54, 1.807) is 28.0 Å². The van der Waals surface area contributed by atoms with Gasteiger partial charge in [0, 0.05) is 54.1 Å². The maximum Gasteiger partial charge on any atom is 0.258 e. The molecule has 1 N–H and O–H groups in total. The van der Waals surface area contributed by atoms with Gasteiger partial charge < -0.3 is 15.1 Å². The first kappa shape index (κ1) is 18.0. The Kier molecular flexibility index (Phi) is 4.69. The number of nitrogens with one attached hydrogen (secondary N) is 1. The highest BCUT2D eigenvalue weighted by atomic mass is 16.2. The lowest BCUT2D eigenvalue weighted by Gasteiger charge is -2.18. The van der Waals surface area contributed by atoms with Crippen molar-refractivity contribution in [1.82, 2.24) is 4.90 Å². The summed E-state index contributed by atoms with van der Waals surface area (Å²) >= 11 is 0. The van der Waals surface area contributed by atoms with Crippen molar-refractivity contribution < 1.29 is 14.4 Å². The molecule has 1 fully saturated rings. The Morgan fingerprint density at radius 2 is 1.75 bits per heavy atom. The molecule has 6 nitrogen and oxygen atoms in total. The van der Waals surface area contributed by atoms with Crippen molar-refractivity contribution in [3.63, 3.8) is 0 Å². The van der Waals surface area contributed by atoms with Gasteiger partial charge in [-0.05, 0) is 36.8 Å². The van der Waals surface area contributed by atoms with Crippen LogP contribution in [0.3, 0.4) is 0 Å². The van der Waals surface area contributed by atoms with Gasteiger partial charge in [-0.1, -0.05) is 24.8 Å². The van der Waals surface area contributed by atoms with Crippen LogP contribution in [-0.4, -0.2) is 35.7 Å². The van der Waals surface area contributed by atoms with E-state index in [9.17, 15) is 14.4 Å². The number of nitrogens with zero attached hydrogens (tertiary/aromatic N) is 2. The molecule has 2 heterocycles. The number of benzene rings is 2. The first-order chi connectivity index (χ1) is 13.5. The van der Waals surface area contributed by atoms with Gasteiger partial charge >= 0.3 is 0 Å². The number of carbonyl (C=O) groups excluding carboxylic acids is 3. The molecular weight excluding hydrogens is 354 g/mol. The molecule has 3 amide bonds. The lowest BCUT2D eigenvalue weighted by atomic mass is 10.1. The quantitative estimate of drug-likeness (QED) is 0.872. The van der Waals surface area contributed by atoms with Gasteiger partial charge in [-0.2, -0.15) is 0 Å². The third-order valence-electron chi connectivity index (χ3n) is 5.14. The summed E-state index contributed by atoms with van der Waals surface area (Å²) in [5.74, 6) is -0.164. The summed E-state index contributed by atoms with van der Waals surface area (Å²) in [5.41, 5.74) is 3.58. The molecule has 0 radical (unpaired) electrons. The molecule has 0 bridgehead atoms. The SMILES string of the molecule is C=C1c2ccccc2C(=O)N1CCC(=O)Nc1ccc(N2CCCC2=O)cc1. The van der Waals surface area contributed by atoms with Crippen LogP contribution >= 0.6 is 0 Å². The van der Waals surface area contributed by atoms with Gasteiger partial charge in [0.2, 0.25) is 11.8 Å². The van der Waals surface area contributed by atoms with Gasteiger partial charge in [-0.25, -0.2) is 0 Å². The van der Waals surface area contributed by atoms with Crippen LogP contribution in [-0.2, 0) is 9.59 Å². The second-order valence-corrected chi connectivity index (χ2v) is 6.94. The van der Waals surface area contributed by atoms with E-state index < -0.39 is 0 Å². The minimum absolute atomic E-state index is 0.118. The number of amides is 3. The van der Waals surface area contributed by atoms with Crippen molar-refractivity contribution in [3.8, 4) is 0 Å². The number of anilines is 2. The highest BCUT2D eigenvalue weighted by Gasteiger charge is 2.30. The zero-order valence-electron chi connectivity index (χ0n) is 15.5. The summed E-state index contributed by atoms with van der Waals surface area (Å²) in [6.07, 6.45) is 1.63. The Bertz CT molecular complexity index is 930. The predicted molar refractivity (Wildman–Crippen MR) is 108 cm³/mol. The van der Waals surface area contributed by atoms with Crippen molar-refractivity contribution >= 4 is 34.8 Å². The van der Waals surface area contributed by atoms with Gasteiger partial charge in [-0.3, -0.25) is 14.4 Å². The molecule has 2 aromatic rings. The number of carbonyl (C=O) groups is 3. The van der Waals surface area contributed by atoms with Crippen LogP contribution in [0, 0.1) is 0 Å². The Balaban J connectivity index is 1.33. The molecule has 4 rings (SSSR count). The Labute approximate surface area is 163 Å². The molecule has 28 heavy (non-hydrogen) atoms. The first-order valence-electron chi connectivity index (χ1n) is 9.35. The second kappa shape index (κ2) is 7.31. The average Bonchev–Trinajstić information content (AvgIpc) is 3.23. The molecule has 0 spiro atoms. The normalized spacial score (nSPS) is 15.9. The predicted octanol–water partition coefficient (Wildman–Crippen LogP) is 3.27. The fourth-order valence-corrected chi connectivity index (χ4v) is 3.65. The lowest BCUT2D eigenvalue weighted by molar-refractivity contribution is -0.117. The molecule has 1 saturated heterocycles. The van der Waals surface area contributed by atoms with Crippen molar-refractivity contribution in [2.75, 3.05) is 23.3 Å². The summed E-state index contributed by atoms with van der Waals surface area (Å²) in [5, 5.41) is 2.84. The fourth-order valence-electron chi connectivity index (χ4n) is 3.65. The maximum absolute atomic E-state index is 12.5. The smallest absolute Gasteiger partial charge is 0.258 e. The zero-order chi connectivity index (χ0) is 19.7. The van der Waals surface area contributed by atoms with E-state index in [4.69, 9.17) is 0 Å². The van der Waals surface area contributed by atoms with E-state index in [-0.39, 0.29) is 30.7 Å². The molecule has 142 valence electrons. The van der Waals surface area contributed by atoms with Crippen LogP contribution in [0.5, 0.6) is 0 Å². The summed E-state index contributed by atoms with van der Waals surface area (Å²) in [6.45, 7) is 5.00. The van der Waals surface area contributed by atoms with Crippen molar-refractivity contribution in [2.45, 2.75) is 19.3 Å². The van der Waals surface area contributed by atoms with E-state index in [2.05, 4.69) is 11.9 Å². The number of fused-ring (bicyclic) bond motifs is 1. The van der Waals surface area contributed by atoms with Crippen molar-refractivity contribution in [3.05, 3.63) is 66.2 Å². The third kappa shape index (κ3) is 3.29. The topological polar surface area (TPSA) is 69.7 Å². The van der Waals surface area contributed by atoms with Crippen molar-refractivity contribution in [2.24, 2.45) is 0 Å². The van der Waals surface area contributed by atoms with Gasteiger partial charge in [0.15, 0.2) is 0 Å². The minimum Gasteiger partial charge on any atom is -0.326 e. The average molecular weight is 375 g/mol. The third-order valence-corrected chi connectivity index (χ3v) is 5.14. The molecule has 0 aliphatic carbocycles. The number of rotatable bonds is 5. The van der Waals surface area contributed by atoms with Crippen LogP contribution in [0.1, 0.15) is 35.2 Å². The van der Waals surface area contributed by atoms with Gasteiger partial charge in [-0.15, -0.1) is 0 Å². The fraction of sp³-hybridized carbons (Fsp3) is 0.227. The van der Waals surface area contributed by atoms with Crippen LogP contribution < -0.4 is 10.2 Å². The molecule has 2 aromatic carbocycles. The van der Waals surface area contributed by atoms with Gasteiger partial charge in [0.05, 0.1) is 0 Å². The van der Waals surface area contributed by atoms with Gasteiger partial charge in [0.25, 0.3) is 5.91 Å². The summed E-state index contributed by atoms with van der Waals surface area (Å²) in [4.78, 5) is 39.9. The highest BCUT2D eigenvalue weighted by molar-refractivity contribution is 6.09. The van der Waals surface area contributed by atoms with Crippen molar-refractivity contribution in [1.29, 1.82) is 0 Å². The number of hydrogen-bond donors (Lipinski definition) is 1. The molecule has 0 aromatic heterocycles. The monoisotopic (exact) mass is 375 g/mol. The number of hydrogen-bond acceptors (Lipinski definition) is 3. The highest BCUT2D eigenvalue weighted by Crippen LogP contribution is 2.31. The van der Waals surface area contributed by atoms with E-state index in [1.165, 1.54) is 0 Å². The second-order valence-electron chi connectivity index (χ2n) is 6.94. The zero-order valence-corrected chi connectivity index (χ0v) is 15.5. The summed E-state index contributed by atoms with van der Waals surface area (Å²) in [6, 6.07) is 14.6. The molecule has 0 saturated carbocycles. The Morgan fingerprint density at radius 1 is 1.04 bits per heavy atom. The van der Waals surface area contributed by atoms with Crippen LogP contribution in [0.2, 0.25) is 0 Å². The molecule has 2 aliphatic rings. The lowest BCUT2D eigenvalue weighted by Crippen LogP contribution is -2.27. The molecule has 2 aliphatic heterocycles. The largest absolute Gasteiger partial charge is 0.326 e. The standard InChI is InChI=1S/C22H21N3O3/c1-15-18-5-2-3-6-19(18)22(28)24(15)14-12-20(26)23-16-8-10-17(11-9-16)25-13-4-7-21(25)27/h2-3,5-6,8-11H,1,4,7,12-14H2,(H,23,26). The van der Waals surface area contributed by atoms with Crippen LogP contribution in [0.4, 0.5) is 11.4 Å².